The number of rotatable bonds is 7. The number of ether oxygens (including phenoxy) is 1. The van der Waals surface area contributed by atoms with E-state index in [1.165, 1.54) is 0 Å². The number of aldehydes is 1. The summed E-state index contributed by atoms with van der Waals surface area (Å²) in [7, 11) is 0. The van der Waals surface area contributed by atoms with Crippen molar-refractivity contribution in [2.24, 2.45) is 5.92 Å². The van der Waals surface area contributed by atoms with Gasteiger partial charge in [-0.3, -0.25) is 5.32 Å². The average Bonchev–Trinajstić information content (AvgIpc) is 3.56. The van der Waals surface area contributed by atoms with Gasteiger partial charge in [-0.25, -0.2) is 4.79 Å². The minimum absolute atomic E-state index is 0.125. The van der Waals surface area contributed by atoms with Crippen LogP contribution in [-0.2, 0) is 9.53 Å². The van der Waals surface area contributed by atoms with Crippen LogP contribution < -0.4 is 10.2 Å². The van der Waals surface area contributed by atoms with Crippen LogP contribution in [0.15, 0.2) is 83.4 Å². The number of nitrogens with one attached hydrogen (secondary N) is 1. The van der Waals surface area contributed by atoms with Gasteiger partial charge in [0.2, 0.25) is 0 Å². The summed E-state index contributed by atoms with van der Waals surface area (Å²) >= 11 is 0. The maximum atomic E-state index is 12.6. The van der Waals surface area contributed by atoms with Gasteiger partial charge in [0.1, 0.15) is 23.8 Å². The van der Waals surface area contributed by atoms with Crippen molar-refractivity contribution < 1.29 is 18.8 Å². The summed E-state index contributed by atoms with van der Waals surface area (Å²) < 4.78 is 11.1. The highest BCUT2D eigenvalue weighted by Crippen LogP contribution is 2.33. The van der Waals surface area contributed by atoms with E-state index >= 15 is 0 Å². The Balaban J connectivity index is 1.27. The van der Waals surface area contributed by atoms with Crippen molar-refractivity contribution in [1.82, 2.24) is 5.16 Å². The molecule has 188 valence electrons. The highest BCUT2D eigenvalue weighted by atomic mass is 16.6. The van der Waals surface area contributed by atoms with Gasteiger partial charge in [0, 0.05) is 30.3 Å². The number of benzene rings is 3. The standard InChI is InChI=1S/C30H29N3O4/c1-20-28(31-30(35)36-21(2)23-6-4-3-5-7-23)29(37-32-20)26-10-8-24(9-11-26)25-12-14-27(15-13-25)33-17-16-22(18-33)19-34/h3-15,19,21-22H,16-18H2,1-2H3,(H,31,35)/t21-,22+/m1/s1. The Morgan fingerprint density at radius 3 is 2.32 bits per heavy atom. The van der Waals surface area contributed by atoms with E-state index in [0.29, 0.717) is 17.1 Å². The Labute approximate surface area is 216 Å². The number of carbonyl (C=O) groups excluding carboxylic acids is 2. The zero-order valence-corrected chi connectivity index (χ0v) is 20.9. The number of carbonyl (C=O) groups is 2. The van der Waals surface area contributed by atoms with E-state index in [1.807, 2.05) is 61.5 Å². The molecule has 5 rings (SSSR count). The van der Waals surface area contributed by atoms with Crippen LogP contribution in [0.1, 0.15) is 30.7 Å². The van der Waals surface area contributed by atoms with E-state index in [-0.39, 0.29) is 5.92 Å². The molecule has 0 spiro atoms. The first-order valence-electron chi connectivity index (χ1n) is 12.4. The molecule has 2 heterocycles. The molecule has 1 aliphatic heterocycles. The molecule has 0 unspecified atom stereocenters. The molecule has 37 heavy (non-hydrogen) atoms. The summed E-state index contributed by atoms with van der Waals surface area (Å²) in [6.45, 7) is 5.29. The fraction of sp³-hybridized carbons (Fsp3) is 0.233. The van der Waals surface area contributed by atoms with Gasteiger partial charge in [-0.05, 0) is 49.1 Å². The molecule has 2 atom stereocenters. The Bertz CT molecular complexity index is 1360. The van der Waals surface area contributed by atoms with Crippen LogP contribution in [0.4, 0.5) is 16.2 Å². The predicted octanol–water partition coefficient (Wildman–Crippen LogP) is 6.65. The van der Waals surface area contributed by atoms with E-state index in [9.17, 15) is 9.59 Å². The van der Waals surface area contributed by atoms with Crippen LogP contribution in [0.2, 0.25) is 0 Å². The molecule has 1 saturated heterocycles. The summed E-state index contributed by atoms with van der Waals surface area (Å²) in [5.41, 5.74) is 6.04. The highest BCUT2D eigenvalue weighted by Gasteiger charge is 2.22. The third kappa shape index (κ3) is 5.40. The van der Waals surface area contributed by atoms with Crippen LogP contribution in [0, 0.1) is 12.8 Å². The largest absolute Gasteiger partial charge is 0.441 e. The molecule has 1 aliphatic rings. The van der Waals surface area contributed by atoms with Gasteiger partial charge in [0.25, 0.3) is 0 Å². The zero-order chi connectivity index (χ0) is 25.8. The fourth-order valence-electron chi connectivity index (χ4n) is 4.61. The molecule has 7 heteroatoms. The molecule has 0 bridgehead atoms. The molecule has 1 aromatic heterocycles. The molecular formula is C30H29N3O4. The van der Waals surface area contributed by atoms with Gasteiger partial charge in [0.15, 0.2) is 5.76 Å². The van der Waals surface area contributed by atoms with Gasteiger partial charge in [-0.15, -0.1) is 0 Å². The van der Waals surface area contributed by atoms with Crippen molar-refractivity contribution in [3.63, 3.8) is 0 Å². The van der Waals surface area contributed by atoms with E-state index in [4.69, 9.17) is 9.26 Å². The summed E-state index contributed by atoms with van der Waals surface area (Å²) in [5, 5.41) is 6.85. The second-order valence-corrected chi connectivity index (χ2v) is 9.31. The molecule has 0 aliphatic carbocycles. The third-order valence-corrected chi connectivity index (χ3v) is 6.77. The fourth-order valence-corrected chi connectivity index (χ4v) is 4.61. The lowest BCUT2D eigenvalue weighted by atomic mass is 10.0. The van der Waals surface area contributed by atoms with Crippen molar-refractivity contribution in [2.45, 2.75) is 26.4 Å². The molecule has 1 amide bonds. The molecule has 0 radical (unpaired) electrons. The van der Waals surface area contributed by atoms with Crippen LogP contribution in [0.3, 0.4) is 0 Å². The van der Waals surface area contributed by atoms with Crippen LogP contribution in [0.5, 0.6) is 0 Å². The van der Waals surface area contributed by atoms with E-state index in [2.05, 4.69) is 39.6 Å². The Hall–Kier alpha value is -4.39. The monoisotopic (exact) mass is 495 g/mol. The minimum atomic E-state index is -0.571. The third-order valence-electron chi connectivity index (χ3n) is 6.77. The quantitative estimate of drug-likeness (QED) is 0.289. The second-order valence-electron chi connectivity index (χ2n) is 9.31. The molecule has 3 aromatic carbocycles. The van der Waals surface area contributed by atoms with Crippen molar-refractivity contribution in [3.05, 3.63) is 90.1 Å². The molecule has 4 aromatic rings. The van der Waals surface area contributed by atoms with Crippen LogP contribution >= 0.6 is 0 Å². The predicted molar refractivity (Wildman–Crippen MR) is 143 cm³/mol. The molecule has 1 N–H and O–H groups in total. The smallest absolute Gasteiger partial charge is 0.412 e. The first-order chi connectivity index (χ1) is 18.0. The Morgan fingerprint density at radius 2 is 1.68 bits per heavy atom. The average molecular weight is 496 g/mol. The summed E-state index contributed by atoms with van der Waals surface area (Å²) in [6.07, 6.45) is 1.00. The number of amides is 1. The van der Waals surface area contributed by atoms with Gasteiger partial charge in [0.05, 0.1) is 0 Å². The number of aromatic nitrogens is 1. The summed E-state index contributed by atoms with van der Waals surface area (Å²) in [5.74, 6) is 0.600. The maximum absolute atomic E-state index is 12.6. The van der Waals surface area contributed by atoms with E-state index in [0.717, 1.165) is 53.7 Å². The molecular weight excluding hydrogens is 466 g/mol. The first-order valence-corrected chi connectivity index (χ1v) is 12.4. The van der Waals surface area contributed by atoms with Crippen LogP contribution in [0.25, 0.3) is 22.5 Å². The number of hydrogen-bond acceptors (Lipinski definition) is 6. The van der Waals surface area contributed by atoms with Crippen molar-refractivity contribution in [2.75, 3.05) is 23.3 Å². The zero-order valence-electron chi connectivity index (χ0n) is 20.9. The minimum Gasteiger partial charge on any atom is -0.441 e. The lowest BCUT2D eigenvalue weighted by Crippen LogP contribution is -2.19. The van der Waals surface area contributed by atoms with Gasteiger partial charge >= 0.3 is 6.09 Å². The molecule has 0 saturated carbocycles. The van der Waals surface area contributed by atoms with Crippen LogP contribution in [-0.4, -0.2) is 30.6 Å². The maximum Gasteiger partial charge on any atom is 0.412 e. The van der Waals surface area contributed by atoms with E-state index < -0.39 is 12.2 Å². The number of nitrogens with zero attached hydrogens (tertiary/aromatic N) is 2. The number of anilines is 2. The second kappa shape index (κ2) is 10.7. The molecule has 7 nitrogen and oxygen atoms in total. The highest BCUT2D eigenvalue weighted by molar-refractivity contribution is 5.91. The number of aryl methyl sites for hydroxylation is 1. The van der Waals surface area contributed by atoms with Gasteiger partial charge in [-0.2, -0.15) is 0 Å². The van der Waals surface area contributed by atoms with Crippen molar-refractivity contribution in [3.8, 4) is 22.5 Å². The first kappa shape index (κ1) is 24.3. The Kier molecular flexibility index (Phi) is 7.03. The van der Waals surface area contributed by atoms with Crippen molar-refractivity contribution in [1.29, 1.82) is 0 Å². The van der Waals surface area contributed by atoms with Gasteiger partial charge < -0.3 is 19.0 Å². The van der Waals surface area contributed by atoms with Gasteiger partial charge in [-0.1, -0.05) is 71.9 Å². The summed E-state index contributed by atoms with van der Waals surface area (Å²) in [6, 6.07) is 25.9. The Morgan fingerprint density at radius 1 is 1.03 bits per heavy atom. The molecule has 1 fully saturated rings. The topological polar surface area (TPSA) is 84.7 Å². The van der Waals surface area contributed by atoms with E-state index in [1.54, 1.807) is 6.92 Å². The lowest BCUT2D eigenvalue weighted by molar-refractivity contribution is -0.110. The number of hydrogen-bond donors (Lipinski definition) is 1. The lowest BCUT2D eigenvalue weighted by Gasteiger charge is -2.18. The normalized spacial score (nSPS) is 15.8. The summed E-state index contributed by atoms with van der Waals surface area (Å²) in [4.78, 5) is 25.9. The SMILES string of the molecule is Cc1noc(-c2ccc(-c3ccc(N4CC[C@H](C=O)C4)cc3)cc2)c1NC(=O)O[C@H](C)c1ccccc1. The van der Waals surface area contributed by atoms with Crippen molar-refractivity contribution >= 4 is 23.8 Å².